The van der Waals surface area contributed by atoms with Crippen LogP contribution in [0.25, 0.3) is 0 Å². The Kier molecular flexibility index (Phi) is 9.41. The minimum atomic E-state index is -2.01. The topological polar surface area (TPSA) is 191 Å². The molecular weight excluding hydrogens is 348 g/mol. The van der Waals surface area contributed by atoms with E-state index in [4.69, 9.17) is 15.3 Å². The van der Waals surface area contributed by atoms with Crippen molar-refractivity contribution in [3.05, 3.63) is 0 Å². The van der Waals surface area contributed by atoms with Crippen molar-refractivity contribution in [1.29, 1.82) is 0 Å². The van der Waals surface area contributed by atoms with Gasteiger partial charge in [0.05, 0.1) is 12.8 Å². The first-order valence-corrected chi connectivity index (χ1v) is 6.66. The van der Waals surface area contributed by atoms with Crippen LogP contribution >= 0.6 is 0 Å². The minimum Gasteiger partial charge on any atom is -0.481 e. The molecule has 0 amide bonds. The van der Waals surface area contributed by atoms with E-state index in [0.29, 0.717) is 0 Å². The van der Waals surface area contributed by atoms with Crippen LogP contribution in [-0.4, -0.2) is 76.4 Å². The predicted octanol–water partition coefficient (Wildman–Crippen LogP) is -2.12. The summed E-state index contributed by atoms with van der Waals surface area (Å²) in [7, 11) is 0. The predicted molar refractivity (Wildman–Crippen MR) is 73.0 cm³/mol. The molecular formula is C13H16O12. The number of ether oxygens (including phenoxy) is 3. The van der Waals surface area contributed by atoms with Gasteiger partial charge in [-0.2, -0.15) is 0 Å². The van der Waals surface area contributed by atoms with Gasteiger partial charge in [-0.05, 0) is 6.92 Å². The Hall–Kier alpha value is -3.02. The zero-order chi connectivity index (χ0) is 19.6. The fourth-order valence-electron chi connectivity index (χ4n) is 1.27. The van der Waals surface area contributed by atoms with Gasteiger partial charge in [-0.3, -0.25) is 14.4 Å². The molecule has 0 aromatic carbocycles. The van der Waals surface area contributed by atoms with Crippen molar-refractivity contribution in [3.63, 3.8) is 0 Å². The zero-order valence-electron chi connectivity index (χ0n) is 13.0. The molecule has 0 fully saturated rings. The molecule has 0 spiro atoms. The summed E-state index contributed by atoms with van der Waals surface area (Å²) >= 11 is 0. The maximum atomic E-state index is 11.6. The number of ketones is 1. The van der Waals surface area contributed by atoms with Gasteiger partial charge in [-0.25, -0.2) is 14.4 Å². The molecule has 0 heterocycles. The van der Waals surface area contributed by atoms with Crippen molar-refractivity contribution in [1.82, 2.24) is 0 Å². The number of esters is 3. The van der Waals surface area contributed by atoms with Crippen molar-refractivity contribution in [2.45, 2.75) is 32.0 Å². The number of aliphatic carboxylic acids is 2. The number of rotatable bonds is 11. The second kappa shape index (κ2) is 10.7. The van der Waals surface area contributed by atoms with E-state index < -0.39 is 73.9 Å². The zero-order valence-corrected chi connectivity index (χ0v) is 13.0. The molecule has 25 heavy (non-hydrogen) atoms. The fourth-order valence-corrected chi connectivity index (χ4v) is 1.27. The summed E-state index contributed by atoms with van der Waals surface area (Å²) < 4.78 is 13.2. The van der Waals surface area contributed by atoms with Crippen LogP contribution in [0.1, 0.15) is 19.8 Å². The summed E-state index contributed by atoms with van der Waals surface area (Å²) in [6.07, 6.45) is -5.81. The number of carboxylic acid groups (broad SMARTS) is 2. The molecule has 0 aromatic heterocycles. The molecule has 0 bridgehead atoms. The second-order valence-corrected chi connectivity index (χ2v) is 4.61. The maximum Gasteiger partial charge on any atom is 0.348 e. The number of carboxylic acids is 2. The van der Waals surface area contributed by atoms with E-state index in [1.165, 1.54) is 0 Å². The SMILES string of the molecule is CC(=O)COC(=O)C(CC(=O)O)OC(=O)COC(=O)C(O)CC(=O)O. The van der Waals surface area contributed by atoms with Crippen LogP contribution < -0.4 is 0 Å². The number of aliphatic hydroxyl groups excluding tert-OH is 1. The summed E-state index contributed by atoms with van der Waals surface area (Å²) in [6.45, 7) is -0.651. The van der Waals surface area contributed by atoms with Crippen LogP contribution in [0, 0.1) is 0 Å². The van der Waals surface area contributed by atoms with Crippen molar-refractivity contribution >= 4 is 35.6 Å². The van der Waals surface area contributed by atoms with Crippen LogP contribution in [0.2, 0.25) is 0 Å². The number of carbonyl (C=O) groups excluding carboxylic acids is 4. The van der Waals surface area contributed by atoms with Crippen LogP contribution in [0.5, 0.6) is 0 Å². The number of Topliss-reactive ketones (excluding diaryl/α,β-unsaturated/α-hetero) is 1. The molecule has 0 saturated heterocycles. The Labute approximate surface area is 140 Å². The van der Waals surface area contributed by atoms with Crippen molar-refractivity contribution < 1.29 is 58.3 Å². The Morgan fingerprint density at radius 3 is 1.84 bits per heavy atom. The first-order valence-electron chi connectivity index (χ1n) is 6.66. The fraction of sp³-hybridized carbons (Fsp3) is 0.538. The summed E-state index contributed by atoms with van der Waals surface area (Å²) in [6, 6.07) is 0. The van der Waals surface area contributed by atoms with E-state index in [2.05, 4.69) is 14.2 Å². The molecule has 0 saturated carbocycles. The first kappa shape index (κ1) is 22.0. The molecule has 0 radical (unpaired) electrons. The van der Waals surface area contributed by atoms with E-state index in [1.54, 1.807) is 0 Å². The standard InChI is InChI=1S/C13H16O12/c1-6(14)4-23-13(22)8(3-10(18)19)25-11(20)5-24-12(21)7(15)2-9(16)17/h7-8,15H,2-5H2,1H3,(H,16,17)(H,18,19). The van der Waals surface area contributed by atoms with Crippen molar-refractivity contribution in [2.75, 3.05) is 13.2 Å². The minimum absolute atomic E-state index is 0.532. The Morgan fingerprint density at radius 1 is 0.840 bits per heavy atom. The third-order valence-electron chi connectivity index (χ3n) is 2.29. The van der Waals surface area contributed by atoms with Gasteiger partial charge in [0, 0.05) is 0 Å². The molecule has 12 heteroatoms. The van der Waals surface area contributed by atoms with E-state index >= 15 is 0 Å². The van der Waals surface area contributed by atoms with Gasteiger partial charge >= 0.3 is 29.8 Å². The van der Waals surface area contributed by atoms with Crippen molar-refractivity contribution in [2.24, 2.45) is 0 Å². The van der Waals surface area contributed by atoms with Gasteiger partial charge in [-0.15, -0.1) is 0 Å². The molecule has 0 rings (SSSR count). The van der Waals surface area contributed by atoms with E-state index in [1.807, 2.05) is 0 Å². The highest BCUT2D eigenvalue weighted by Gasteiger charge is 2.29. The quantitative estimate of drug-likeness (QED) is 0.267. The maximum absolute atomic E-state index is 11.6. The molecule has 2 unspecified atom stereocenters. The van der Waals surface area contributed by atoms with Crippen LogP contribution in [0.3, 0.4) is 0 Å². The van der Waals surface area contributed by atoms with Gasteiger partial charge in [0.2, 0.25) is 6.10 Å². The Morgan fingerprint density at radius 2 is 1.36 bits per heavy atom. The van der Waals surface area contributed by atoms with Gasteiger partial charge < -0.3 is 29.5 Å². The number of hydrogen-bond acceptors (Lipinski definition) is 10. The highest BCUT2D eigenvalue weighted by atomic mass is 16.6. The smallest absolute Gasteiger partial charge is 0.348 e. The lowest BCUT2D eigenvalue weighted by Crippen LogP contribution is -2.34. The molecule has 0 aromatic rings. The summed E-state index contributed by atoms with van der Waals surface area (Å²) in [5.41, 5.74) is 0. The van der Waals surface area contributed by atoms with Gasteiger partial charge in [0.15, 0.2) is 18.5 Å². The lowest BCUT2D eigenvalue weighted by Gasteiger charge is -2.15. The van der Waals surface area contributed by atoms with Crippen LogP contribution in [0.15, 0.2) is 0 Å². The third kappa shape index (κ3) is 10.4. The highest BCUT2D eigenvalue weighted by Crippen LogP contribution is 2.04. The van der Waals surface area contributed by atoms with Gasteiger partial charge in [0.25, 0.3) is 0 Å². The lowest BCUT2D eigenvalue weighted by atomic mass is 10.2. The monoisotopic (exact) mass is 364 g/mol. The van der Waals surface area contributed by atoms with E-state index in [-0.39, 0.29) is 0 Å². The average Bonchev–Trinajstić information content (AvgIpc) is 2.48. The van der Waals surface area contributed by atoms with Crippen LogP contribution in [0.4, 0.5) is 0 Å². The Bertz CT molecular complexity index is 551. The van der Waals surface area contributed by atoms with Crippen molar-refractivity contribution in [3.8, 4) is 0 Å². The lowest BCUT2D eigenvalue weighted by molar-refractivity contribution is -0.177. The highest BCUT2D eigenvalue weighted by molar-refractivity contribution is 5.87. The summed E-state index contributed by atoms with van der Waals surface area (Å²) in [5, 5.41) is 26.2. The molecule has 0 aliphatic rings. The van der Waals surface area contributed by atoms with Crippen LogP contribution in [-0.2, 0) is 43.0 Å². The summed E-state index contributed by atoms with van der Waals surface area (Å²) in [4.78, 5) is 65.9. The Balaban J connectivity index is 4.58. The first-order chi connectivity index (χ1) is 11.5. The molecule has 140 valence electrons. The number of carbonyl (C=O) groups is 6. The largest absolute Gasteiger partial charge is 0.481 e. The summed E-state index contributed by atoms with van der Waals surface area (Å²) in [5.74, 6) is -7.58. The van der Waals surface area contributed by atoms with Gasteiger partial charge in [-0.1, -0.05) is 0 Å². The van der Waals surface area contributed by atoms with Gasteiger partial charge in [0.1, 0.15) is 6.61 Å². The number of hydrogen-bond donors (Lipinski definition) is 3. The average molecular weight is 364 g/mol. The molecule has 2 atom stereocenters. The second-order valence-electron chi connectivity index (χ2n) is 4.61. The number of aliphatic hydroxyl groups is 1. The molecule has 0 aliphatic heterocycles. The molecule has 12 nitrogen and oxygen atoms in total. The third-order valence-corrected chi connectivity index (χ3v) is 2.29. The van der Waals surface area contributed by atoms with E-state index in [0.717, 1.165) is 6.92 Å². The molecule has 3 N–H and O–H groups in total. The van der Waals surface area contributed by atoms with E-state index in [9.17, 15) is 28.8 Å². The molecule has 0 aliphatic carbocycles. The normalized spacial score (nSPS) is 12.4.